The van der Waals surface area contributed by atoms with Crippen molar-refractivity contribution in [1.82, 2.24) is 15.2 Å². The topological polar surface area (TPSA) is 72.0 Å². The van der Waals surface area contributed by atoms with Gasteiger partial charge in [-0.2, -0.15) is 0 Å². The third-order valence-corrected chi connectivity index (χ3v) is 5.11. The summed E-state index contributed by atoms with van der Waals surface area (Å²) in [5.41, 5.74) is 2.20. The van der Waals surface area contributed by atoms with Gasteiger partial charge < -0.3 is 9.52 Å². The number of hydrogen-bond donors (Lipinski definition) is 1. The number of aromatic nitrogens is 3. The molecule has 128 valence electrons. The number of aliphatic hydroxyl groups is 1. The van der Waals surface area contributed by atoms with E-state index < -0.39 is 0 Å². The molecule has 0 bridgehead atoms. The van der Waals surface area contributed by atoms with E-state index in [0.717, 1.165) is 18.4 Å². The van der Waals surface area contributed by atoms with Crippen LogP contribution in [-0.4, -0.2) is 26.9 Å². The summed E-state index contributed by atoms with van der Waals surface area (Å²) in [6.45, 7) is 6.82. The zero-order chi connectivity index (χ0) is 17.1. The number of hydrogen-bond acceptors (Lipinski definition) is 5. The van der Waals surface area contributed by atoms with Crippen LogP contribution < -0.4 is 0 Å². The maximum Gasteiger partial charge on any atom is 0.247 e. The molecule has 0 aromatic carbocycles. The highest BCUT2D eigenvalue weighted by Crippen LogP contribution is 2.38. The molecule has 5 heteroatoms. The van der Waals surface area contributed by atoms with Gasteiger partial charge in [-0.1, -0.05) is 25.5 Å². The van der Waals surface area contributed by atoms with Crippen molar-refractivity contribution in [3.8, 4) is 11.5 Å². The van der Waals surface area contributed by atoms with Crippen LogP contribution in [-0.2, 0) is 6.42 Å². The van der Waals surface area contributed by atoms with E-state index in [9.17, 15) is 5.11 Å². The molecule has 1 N–H and O–H groups in total. The molecule has 1 aliphatic carbocycles. The summed E-state index contributed by atoms with van der Waals surface area (Å²) in [6.07, 6.45) is 7.48. The molecule has 3 rings (SSSR count). The van der Waals surface area contributed by atoms with E-state index in [1.165, 1.54) is 5.57 Å². The van der Waals surface area contributed by atoms with Crippen molar-refractivity contribution in [3.63, 3.8) is 0 Å². The largest absolute Gasteiger partial charge is 0.421 e. The van der Waals surface area contributed by atoms with Crippen molar-refractivity contribution in [1.29, 1.82) is 0 Å². The van der Waals surface area contributed by atoms with Crippen LogP contribution >= 0.6 is 0 Å². The summed E-state index contributed by atoms with van der Waals surface area (Å²) in [6, 6.07) is 3.73. The predicted molar refractivity (Wildman–Crippen MR) is 92.0 cm³/mol. The molecular weight excluding hydrogens is 302 g/mol. The van der Waals surface area contributed by atoms with Gasteiger partial charge in [0.15, 0.2) is 0 Å². The molecule has 0 unspecified atom stereocenters. The first-order chi connectivity index (χ1) is 11.6. The Balaban J connectivity index is 1.75. The van der Waals surface area contributed by atoms with Gasteiger partial charge in [0, 0.05) is 36.9 Å². The van der Waals surface area contributed by atoms with Crippen molar-refractivity contribution in [2.45, 2.75) is 33.6 Å². The molecule has 2 aromatic rings. The number of rotatable bonds is 5. The van der Waals surface area contributed by atoms with Crippen LogP contribution in [0.15, 0.2) is 40.6 Å². The minimum absolute atomic E-state index is 0.222. The van der Waals surface area contributed by atoms with Crippen LogP contribution in [0.2, 0.25) is 0 Å². The SMILES string of the molecule is CC1=C[C@@H](CO)[C@H](C(C)C)C[C@H]1Cc1nnc(-c2ccncc2)o1. The summed E-state index contributed by atoms with van der Waals surface area (Å²) in [4.78, 5) is 4.00. The van der Waals surface area contributed by atoms with Gasteiger partial charge in [-0.15, -0.1) is 10.2 Å². The second kappa shape index (κ2) is 7.26. The Morgan fingerprint density at radius 2 is 2.00 bits per heavy atom. The molecule has 24 heavy (non-hydrogen) atoms. The van der Waals surface area contributed by atoms with E-state index in [1.54, 1.807) is 12.4 Å². The van der Waals surface area contributed by atoms with Crippen LogP contribution in [0.5, 0.6) is 0 Å². The third kappa shape index (κ3) is 3.56. The second-order valence-electron chi connectivity index (χ2n) is 7.04. The molecule has 1 aliphatic rings. The van der Waals surface area contributed by atoms with Gasteiger partial charge in [0.25, 0.3) is 0 Å². The lowest BCUT2D eigenvalue weighted by Crippen LogP contribution is -2.30. The van der Waals surface area contributed by atoms with Crippen LogP contribution in [0.1, 0.15) is 33.1 Å². The van der Waals surface area contributed by atoms with Gasteiger partial charge in [0.2, 0.25) is 11.8 Å². The molecule has 0 saturated heterocycles. The molecule has 0 radical (unpaired) electrons. The lowest BCUT2D eigenvalue weighted by Gasteiger charge is -2.36. The Hall–Kier alpha value is -2.01. The normalized spacial score (nSPS) is 24.2. The summed E-state index contributed by atoms with van der Waals surface area (Å²) >= 11 is 0. The summed E-state index contributed by atoms with van der Waals surface area (Å²) in [5.74, 6) is 2.90. The predicted octanol–water partition coefficient (Wildman–Crippen LogP) is 3.52. The molecule has 2 heterocycles. The smallest absolute Gasteiger partial charge is 0.247 e. The monoisotopic (exact) mass is 327 g/mol. The Labute approximate surface area is 142 Å². The lowest BCUT2D eigenvalue weighted by atomic mass is 9.70. The first-order valence-corrected chi connectivity index (χ1v) is 8.60. The molecular formula is C19H25N3O2. The third-order valence-electron chi connectivity index (χ3n) is 5.11. The Morgan fingerprint density at radius 3 is 2.67 bits per heavy atom. The maximum atomic E-state index is 9.64. The minimum atomic E-state index is 0.222. The lowest BCUT2D eigenvalue weighted by molar-refractivity contribution is 0.147. The fraction of sp³-hybridized carbons (Fsp3) is 0.526. The first kappa shape index (κ1) is 16.8. The molecule has 3 atom stereocenters. The molecule has 0 saturated carbocycles. The van der Waals surface area contributed by atoms with Gasteiger partial charge in [0.05, 0.1) is 0 Å². The van der Waals surface area contributed by atoms with Crippen molar-refractivity contribution in [2.24, 2.45) is 23.7 Å². The Kier molecular flexibility index (Phi) is 5.09. The number of nitrogens with zero attached hydrogens (tertiary/aromatic N) is 3. The van der Waals surface area contributed by atoms with Crippen molar-refractivity contribution < 1.29 is 9.52 Å². The van der Waals surface area contributed by atoms with Gasteiger partial charge in [-0.25, -0.2) is 0 Å². The van der Waals surface area contributed by atoms with Gasteiger partial charge in [-0.05, 0) is 43.2 Å². The van der Waals surface area contributed by atoms with Crippen LogP contribution in [0, 0.1) is 23.7 Å². The standard InChI is InChI=1S/C19H25N3O2/c1-12(2)17-9-15(13(3)8-16(17)11-23)10-18-21-22-19(24-18)14-4-6-20-7-5-14/h4-8,12,15-17,23H,9-11H2,1-3H3/t15-,16-,17-/m0/s1. The van der Waals surface area contributed by atoms with Crippen molar-refractivity contribution >= 4 is 0 Å². The van der Waals surface area contributed by atoms with Gasteiger partial charge in [0.1, 0.15) is 0 Å². The molecule has 0 amide bonds. The van der Waals surface area contributed by atoms with E-state index in [4.69, 9.17) is 4.42 Å². The minimum Gasteiger partial charge on any atom is -0.421 e. The highest BCUT2D eigenvalue weighted by molar-refractivity contribution is 5.50. The van der Waals surface area contributed by atoms with Crippen molar-refractivity contribution in [2.75, 3.05) is 6.61 Å². The fourth-order valence-electron chi connectivity index (χ4n) is 3.64. The maximum absolute atomic E-state index is 9.64. The number of pyridine rings is 1. The Morgan fingerprint density at radius 1 is 1.25 bits per heavy atom. The summed E-state index contributed by atoms with van der Waals surface area (Å²) in [5, 5.41) is 18.0. The quantitative estimate of drug-likeness (QED) is 0.851. The van der Waals surface area contributed by atoms with E-state index in [1.807, 2.05) is 12.1 Å². The number of allylic oxidation sites excluding steroid dienone is 1. The fourth-order valence-corrected chi connectivity index (χ4v) is 3.64. The van der Waals surface area contributed by atoms with E-state index >= 15 is 0 Å². The van der Waals surface area contributed by atoms with Crippen LogP contribution in [0.25, 0.3) is 11.5 Å². The molecule has 5 nitrogen and oxygen atoms in total. The second-order valence-corrected chi connectivity index (χ2v) is 7.04. The summed E-state index contributed by atoms with van der Waals surface area (Å²) < 4.78 is 5.84. The molecule has 0 aliphatic heterocycles. The highest BCUT2D eigenvalue weighted by Gasteiger charge is 2.32. The van der Waals surface area contributed by atoms with Crippen LogP contribution in [0.3, 0.4) is 0 Å². The van der Waals surface area contributed by atoms with E-state index in [0.29, 0.717) is 29.5 Å². The molecule has 2 aromatic heterocycles. The van der Waals surface area contributed by atoms with E-state index in [2.05, 4.69) is 42.0 Å². The zero-order valence-corrected chi connectivity index (χ0v) is 14.5. The summed E-state index contributed by atoms with van der Waals surface area (Å²) in [7, 11) is 0. The van der Waals surface area contributed by atoms with Crippen molar-refractivity contribution in [3.05, 3.63) is 42.1 Å². The average Bonchev–Trinajstić information content (AvgIpc) is 3.05. The van der Waals surface area contributed by atoms with Gasteiger partial charge >= 0.3 is 0 Å². The van der Waals surface area contributed by atoms with Crippen LogP contribution in [0.4, 0.5) is 0 Å². The number of aliphatic hydroxyl groups excluding tert-OH is 1. The van der Waals surface area contributed by atoms with Gasteiger partial charge in [-0.3, -0.25) is 4.98 Å². The Bertz CT molecular complexity index is 694. The molecule has 0 spiro atoms. The highest BCUT2D eigenvalue weighted by atomic mass is 16.4. The molecule has 0 fully saturated rings. The first-order valence-electron chi connectivity index (χ1n) is 8.60. The van der Waals surface area contributed by atoms with E-state index in [-0.39, 0.29) is 12.5 Å². The average molecular weight is 327 g/mol. The zero-order valence-electron chi connectivity index (χ0n) is 14.5.